The minimum atomic E-state index is -3.78. The van der Waals surface area contributed by atoms with Gasteiger partial charge in [-0.15, -0.1) is 6.58 Å². The summed E-state index contributed by atoms with van der Waals surface area (Å²) in [6.07, 6.45) is 2.77. The first-order valence-electron chi connectivity index (χ1n) is 5.51. The molecule has 19 heavy (non-hydrogen) atoms. The number of carboxylic acid groups (broad SMARTS) is 1. The molecule has 6 heteroatoms. The second-order valence-corrected chi connectivity index (χ2v) is 5.55. The summed E-state index contributed by atoms with van der Waals surface area (Å²) in [5.74, 6) is -1.21. The fraction of sp³-hybridized carbons (Fsp3) is 0.154. The fourth-order valence-corrected chi connectivity index (χ4v) is 2.47. The summed E-state index contributed by atoms with van der Waals surface area (Å²) in [7, 11) is -3.78. The van der Waals surface area contributed by atoms with Gasteiger partial charge in [0.25, 0.3) is 0 Å². The van der Waals surface area contributed by atoms with Gasteiger partial charge in [-0.2, -0.15) is 4.31 Å². The van der Waals surface area contributed by atoms with E-state index in [1.807, 2.05) is 6.07 Å². The molecule has 5 nitrogen and oxygen atoms in total. The summed E-state index contributed by atoms with van der Waals surface area (Å²) in [6, 6.07) is 8.89. The number of rotatable bonds is 7. The molecule has 0 radical (unpaired) electrons. The molecule has 0 unspecified atom stereocenters. The summed E-state index contributed by atoms with van der Waals surface area (Å²) in [4.78, 5) is 10.6. The third-order valence-electron chi connectivity index (χ3n) is 2.24. The second-order valence-electron chi connectivity index (χ2n) is 3.73. The summed E-state index contributed by atoms with van der Waals surface area (Å²) in [5.41, 5.74) is 0.722. The highest BCUT2D eigenvalue weighted by molar-refractivity contribution is 7.92. The first-order valence-corrected chi connectivity index (χ1v) is 7.02. The van der Waals surface area contributed by atoms with Crippen molar-refractivity contribution in [2.75, 3.05) is 13.1 Å². The van der Waals surface area contributed by atoms with Crippen LogP contribution >= 0.6 is 0 Å². The molecular formula is C13H15NO4S. The Kier molecular flexibility index (Phi) is 5.47. The normalized spacial score (nSPS) is 11.8. The lowest BCUT2D eigenvalue weighted by Crippen LogP contribution is -2.34. The molecule has 0 amide bonds. The second kappa shape index (κ2) is 6.86. The molecule has 0 fully saturated rings. The van der Waals surface area contributed by atoms with E-state index < -0.39 is 22.5 Å². The molecular weight excluding hydrogens is 266 g/mol. The van der Waals surface area contributed by atoms with Gasteiger partial charge in [0.15, 0.2) is 0 Å². The van der Waals surface area contributed by atoms with Crippen LogP contribution in [-0.2, 0) is 14.8 Å². The minimum absolute atomic E-state index is 0.0479. The Bertz CT molecular complexity index is 564. The molecule has 0 spiro atoms. The van der Waals surface area contributed by atoms with E-state index in [4.69, 9.17) is 5.11 Å². The summed E-state index contributed by atoms with van der Waals surface area (Å²) < 4.78 is 24.8. The summed E-state index contributed by atoms with van der Waals surface area (Å²) in [6.45, 7) is 2.78. The van der Waals surface area contributed by atoms with E-state index in [0.717, 1.165) is 15.3 Å². The first-order chi connectivity index (χ1) is 8.95. The van der Waals surface area contributed by atoms with Crippen LogP contribution in [0.25, 0.3) is 6.08 Å². The molecule has 0 bridgehead atoms. The van der Waals surface area contributed by atoms with Crippen LogP contribution in [0.2, 0.25) is 0 Å². The zero-order valence-electron chi connectivity index (χ0n) is 10.3. The van der Waals surface area contributed by atoms with Crippen LogP contribution in [0.5, 0.6) is 0 Å². The van der Waals surface area contributed by atoms with Gasteiger partial charge in [-0.05, 0) is 11.6 Å². The third kappa shape index (κ3) is 5.07. The van der Waals surface area contributed by atoms with E-state index >= 15 is 0 Å². The molecule has 0 saturated carbocycles. The molecule has 0 aromatic heterocycles. The lowest BCUT2D eigenvalue weighted by Gasteiger charge is -2.15. The van der Waals surface area contributed by atoms with Gasteiger partial charge in [0.2, 0.25) is 10.0 Å². The van der Waals surface area contributed by atoms with E-state index in [9.17, 15) is 13.2 Å². The Morgan fingerprint density at radius 1 is 1.32 bits per heavy atom. The van der Waals surface area contributed by atoms with Gasteiger partial charge in [-0.3, -0.25) is 4.79 Å². The van der Waals surface area contributed by atoms with Crippen LogP contribution in [0.4, 0.5) is 0 Å². The van der Waals surface area contributed by atoms with Gasteiger partial charge in [-0.25, -0.2) is 8.42 Å². The van der Waals surface area contributed by atoms with Crippen LogP contribution in [0.1, 0.15) is 5.56 Å². The summed E-state index contributed by atoms with van der Waals surface area (Å²) >= 11 is 0. The molecule has 0 aliphatic carbocycles. The lowest BCUT2D eigenvalue weighted by molar-refractivity contribution is -0.137. The van der Waals surface area contributed by atoms with Crippen molar-refractivity contribution < 1.29 is 18.3 Å². The number of hydrogen-bond donors (Lipinski definition) is 1. The Labute approximate surface area is 112 Å². The number of carbonyl (C=O) groups is 1. The van der Waals surface area contributed by atoms with Crippen LogP contribution < -0.4 is 0 Å². The van der Waals surface area contributed by atoms with Crippen molar-refractivity contribution in [2.24, 2.45) is 0 Å². The van der Waals surface area contributed by atoms with E-state index in [-0.39, 0.29) is 6.54 Å². The minimum Gasteiger partial charge on any atom is -0.480 e. The molecule has 0 aliphatic heterocycles. The predicted octanol–water partition coefficient (Wildman–Crippen LogP) is 1.56. The van der Waals surface area contributed by atoms with Crippen LogP contribution in [0, 0.1) is 0 Å². The van der Waals surface area contributed by atoms with E-state index in [1.54, 1.807) is 24.3 Å². The number of carboxylic acids is 1. The van der Waals surface area contributed by atoms with Crippen molar-refractivity contribution in [3.63, 3.8) is 0 Å². The number of sulfonamides is 1. The topological polar surface area (TPSA) is 74.7 Å². The largest absolute Gasteiger partial charge is 0.480 e. The highest BCUT2D eigenvalue weighted by Gasteiger charge is 2.20. The molecule has 1 N–H and O–H groups in total. The average Bonchev–Trinajstić information content (AvgIpc) is 2.37. The monoisotopic (exact) mass is 281 g/mol. The molecule has 102 valence electrons. The maximum atomic E-state index is 12.0. The summed E-state index contributed by atoms with van der Waals surface area (Å²) in [5, 5.41) is 9.69. The molecule has 0 heterocycles. The van der Waals surface area contributed by atoms with Gasteiger partial charge in [0, 0.05) is 12.0 Å². The Balaban J connectivity index is 2.91. The Morgan fingerprint density at radius 3 is 2.47 bits per heavy atom. The van der Waals surface area contributed by atoms with E-state index in [0.29, 0.717) is 0 Å². The van der Waals surface area contributed by atoms with E-state index in [1.165, 1.54) is 12.2 Å². The average molecular weight is 281 g/mol. The zero-order valence-corrected chi connectivity index (χ0v) is 11.1. The SMILES string of the molecule is C=CCN(CC(=O)O)S(=O)(=O)C=Cc1ccccc1. The van der Waals surface area contributed by atoms with Gasteiger partial charge < -0.3 is 5.11 Å². The molecule has 1 rings (SSSR count). The Morgan fingerprint density at radius 2 is 1.95 bits per heavy atom. The smallest absolute Gasteiger partial charge is 0.318 e. The molecule has 0 aliphatic rings. The van der Waals surface area contributed by atoms with E-state index in [2.05, 4.69) is 6.58 Å². The predicted molar refractivity (Wildman–Crippen MR) is 73.8 cm³/mol. The van der Waals surface area contributed by atoms with Crippen molar-refractivity contribution in [1.29, 1.82) is 0 Å². The Hall–Kier alpha value is -1.92. The van der Waals surface area contributed by atoms with Crippen molar-refractivity contribution in [3.05, 3.63) is 54.0 Å². The van der Waals surface area contributed by atoms with Gasteiger partial charge in [-0.1, -0.05) is 36.4 Å². The van der Waals surface area contributed by atoms with Gasteiger partial charge in [0.05, 0.1) is 0 Å². The van der Waals surface area contributed by atoms with Crippen molar-refractivity contribution >= 4 is 22.1 Å². The number of hydrogen-bond acceptors (Lipinski definition) is 3. The van der Waals surface area contributed by atoms with Crippen molar-refractivity contribution in [3.8, 4) is 0 Å². The first kappa shape index (κ1) is 15.1. The van der Waals surface area contributed by atoms with Crippen molar-refractivity contribution in [1.82, 2.24) is 4.31 Å². The number of aliphatic carboxylic acids is 1. The third-order valence-corrected chi connectivity index (χ3v) is 3.71. The van der Waals surface area contributed by atoms with Crippen molar-refractivity contribution in [2.45, 2.75) is 0 Å². The van der Waals surface area contributed by atoms with Crippen LogP contribution in [-0.4, -0.2) is 36.9 Å². The standard InChI is InChI=1S/C13H15NO4S/c1-2-9-14(11-13(15)16)19(17,18)10-8-12-6-4-3-5-7-12/h2-8,10H,1,9,11H2,(H,15,16). The quantitative estimate of drug-likeness (QED) is 0.770. The molecule has 1 aromatic rings. The molecule has 0 atom stereocenters. The number of benzene rings is 1. The van der Waals surface area contributed by atoms with Crippen LogP contribution in [0.3, 0.4) is 0 Å². The number of nitrogens with zero attached hydrogens (tertiary/aromatic N) is 1. The maximum absolute atomic E-state index is 12.0. The fourth-order valence-electron chi connectivity index (χ4n) is 1.37. The van der Waals surface area contributed by atoms with Gasteiger partial charge in [0.1, 0.15) is 6.54 Å². The molecule has 1 aromatic carbocycles. The lowest BCUT2D eigenvalue weighted by atomic mass is 10.2. The van der Waals surface area contributed by atoms with Crippen LogP contribution in [0.15, 0.2) is 48.4 Å². The molecule has 0 saturated heterocycles. The van der Waals surface area contributed by atoms with Gasteiger partial charge >= 0.3 is 5.97 Å². The highest BCUT2D eigenvalue weighted by atomic mass is 32.2. The maximum Gasteiger partial charge on any atom is 0.318 e. The zero-order chi connectivity index (χ0) is 14.3. The highest BCUT2D eigenvalue weighted by Crippen LogP contribution is 2.08.